The molecule has 0 aromatic rings. The van der Waals surface area contributed by atoms with E-state index in [-0.39, 0.29) is 24.8 Å². The molecule has 0 aromatic carbocycles. The molecule has 0 bridgehead atoms. The lowest BCUT2D eigenvalue weighted by molar-refractivity contribution is -0.134. The van der Waals surface area contributed by atoms with E-state index in [2.05, 4.69) is 0 Å². The summed E-state index contributed by atoms with van der Waals surface area (Å²) in [6.45, 7) is 0.0253. The lowest BCUT2D eigenvalue weighted by atomic mass is 9.83. The number of amides is 1. The predicted molar refractivity (Wildman–Crippen MR) is 65.2 cm³/mol. The molecule has 1 aliphatic carbocycles. The molecule has 3 atom stereocenters. The summed E-state index contributed by atoms with van der Waals surface area (Å²) in [5, 5.41) is 8.94. The third-order valence-electron chi connectivity index (χ3n) is 4.12. The lowest BCUT2D eigenvalue weighted by Gasteiger charge is -2.30. The summed E-state index contributed by atoms with van der Waals surface area (Å²) >= 11 is 0. The fourth-order valence-electron chi connectivity index (χ4n) is 3.04. The van der Waals surface area contributed by atoms with Gasteiger partial charge in [0.15, 0.2) is 0 Å². The van der Waals surface area contributed by atoms with Gasteiger partial charge in [-0.15, -0.1) is 0 Å². The molecule has 1 saturated heterocycles. The number of carbonyl (C=O) groups excluding carboxylic acids is 1. The summed E-state index contributed by atoms with van der Waals surface area (Å²) in [6.07, 6.45) is 4.40. The Morgan fingerprint density at radius 1 is 1.39 bits per heavy atom. The number of hydrogen-bond donors (Lipinski definition) is 1. The van der Waals surface area contributed by atoms with Crippen LogP contribution >= 0.6 is 0 Å². The maximum atomic E-state index is 13.3. The third-order valence-corrected chi connectivity index (χ3v) is 4.12. The van der Waals surface area contributed by atoms with Gasteiger partial charge in [0.2, 0.25) is 5.91 Å². The van der Waals surface area contributed by atoms with Crippen LogP contribution in [0.5, 0.6) is 0 Å². The van der Waals surface area contributed by atoms with Gasteiger partial charge in [-0.25, -0.2) is 4.39 Å². The number of nitrogens with two attached hydrogens (primary N) is 1. The molecule has 2 fully saturated rings. The Balaban J connectivity index is 1.99. The van der Waals surface area contributed by atoms with Crippen LogP contribution in [0.15, 0.2) is 0 Å². The van der Waals surface area contributed by atoms with Crippen molar-refractivity contribution in [1.82, 2.24) is 4.90 Å². The number of alkyl halides is 1. The fraction of sp³-hybridized carbons (Fsp3) is 0.846. The van der Waals surface area contributed by atoms with Crippen molar-refractivity contribution in [3.8, 4) is 6.07 Å². The molecular weight excluding hydrogens is 233 g/mol. The topological polar surface area (TPSA) is 70.1 Å². The van der Waals surface area contributed by atoms with Crippen molar-refractivity contribution >= 4 is 5.91 Å². The second-order valence-electron chi connectivity index (χ2n) is 5.39. The molecular formula is C13H20FN3O. The van der Waals surface area contributed by atoms with E-state index in [1.54, 1.807) is 0 Å². The highest BCUT2D eigenvalue weighted by molar-refractivity contribution is 5.83. The zero-order valence-corrected chi connectivity index (χ0v) is 10.5. The maximum absolute atomic E-state index is 13.3. The van der Waals surface area contributed by atoms with Crippen molar-refractivity contribution in [1.29, 1.82) is 5.26 Å². The Morgan fingerprint density at radius 2 is 2.06 bits per heavy atom. The summed E-state index contributed by atoms with van der Waals surface area (Å²) < 4.78 is 13.3. The zero-order chi connectivity index (χ0) is 13.1. The van der Waals surface area contributed by atoms with Gasteiger partial charge in [0.1, 0.15) is 12.2 Å². The number of likely N-dealkylation sites (tertiary alicyclic amines) is 1. The van der Waals surface area contributed by atoms with Crippen molar-refractivity contribution in [3.63, 3.8) is 0 Å². The van der Waals surface area contributed by atoms with Crippen LogP contribution in [-0.4, -0.2) is 35.6 Å². The normalized spacial score (nSPS) is 31.1. The van der Waals surface area contributed by atoms with Crippen molar-refractivity contribution < 1.29 is 9.18 Å². The van der Waals surface area contributed by atoms with E-state index >= 15 is 0 Å². The van der Waals surface area contributed by atoms with Crippen LogP contribution in [0.1, 0.15) is 38.5 Å². The van der Waals surface area contributed by atoms with Crippen LogP contribution in [-0.2, 0) is 4.79 Å². The molecule has 0 radical (unpaired) electrons. The van der Waals surface area contributed by atoms with E-state index in [1.165, 1.54) is 11.3 Å². The molecule has 2 N–H and O–H groups in total. The van der Waals surface area contributed by atoms with Crippen molar-refractivity contribution in [2.45, 2.75) is 56.8 Å². The molecule has 1 aliphatic heterocycles. The second kappa shape index (κ2) is 5.66. The van der Waals surface area contributed by atoms with E-state index in [0.717, 1.165) is 25.7 Å². The van der Waals surface area contributed by atoms with Crippen LogP contribution in [0.2, 0.25) is 0 Å². The van der Waals surface area contributed by atoms with Crippen molar-refractivity contribution in [2.75, 3.05) is 6.54 Å². The van der Waals surface area contributed by atoms with Gasteiger partial charge in [-0.05, 0) is 18.8 Å². The Labute approximate surface area is 107 Å². The molecule has 5 heteroatoms. The summed E-state index contributed by atoms with van der Waals surface area (Å²) in [4.78, 5) is 13.6. The summed E-state index contributed by atoms with van der Waals surface area (Å²) in [5.41, 5.74) is 6.01. The molecule has 2 aliphatic rings. The summed E-state index contributed by atoms with van der Waals surface area (Å²) in [7, 11) is 0. The Bertz CT molecular complexity index is 349. The van der Waals surface area contributed by atoms with Gasteiger partial charge in [0.05, 0.1) is 18.7 Å². The summed E-state index contributed by atoms with van der Waals surface area (Å²) in [5.74, 6) is -0.0437. The minimum absolute atomic E-state index is 0.0253. The number of carbonyl (C=O) groups is 1. The molecule has 4 nitrogen and oxygen atoms in total. The van der Waals surface area contributed by atoms with E-state index in [9.17, 15) is 9.18 Å². The number of nitrogens with zero attached hydrogens (tertiary/aromatic N) is 2. The van der Waals surface area contributed by atoms with E-state index in [4.69, 9.17) is 11.0 Å². The highest BCUT2D eigenvalue weighted by Crippen LogP contribution is 2.28. The third kappa shape index (κ3) is 2.64. The molecule has 100 valence electrons. The molecule has 1 heterocycles. The van der Waals surface area contributed by atoms with Gasteiger partial charge in [-0.3, -0.25) is 4.79 Å². The smallest absolute Gasteiger partial charge is 0.240 e. The second-order valence-corrected chi connectivity index (χ2v) is 5.39. The average molecular weight is 253 g/mol. The van der Waals surface area contributed by atoms with Crippen LogP contribution in [0.25, 0.3) is 0 Å². The van der Waals surface area contributed by atoms with Crippen molar-refractivity contribution in [3.05, 3.63) is 0 Å². The average Bonchev–Trinajstić information content (AvgIpc) is 2.79. The molecule has 1 amide bonds. The molecule has 1 saturated carbocycles. The Hall–Kier alpha value is -1.15. The van der Waals surface area contributed by atoms with Crippen LogP contribution in [0.3, 0.4) is 0 Å². The van der Waals surface area contributed by atoms with Crippen LogP contribution in [0, 0.1) is 17.2 Å². The SMILES string of the molecule is N#CC1C[C@H](F)CN1C(=O)C(N)C1CCCCC1. The fourth-order valence-corrected chi connectivity index (χ4v) is 3.04. The molecule has 2 unspecified atom stereocenters. The van der Waals surface area contributed by atoms with Gasteiger partial charge in [-0.2, -0.15) is 5.26 Å². The first-order valence-electron chi connectivity index (χ1n) is 6.73. The van der Waals surface area contributed by atoms with E-state index < -0.39 is 18.3 Å². The van der Waals surface area contributed by atoms with E-state index in [0.29, 0.717) is 0 Å². The Morgan fingerprint density at radius 3 is 2.67 bits per heavy atom. The molecule has 0 aromatic heterocycles. The van der Waals surface area contributed by atoms with Gasteiger partial charge < -0.3 is 10.6 Å². The minimum atomic E-state index is -1.09. The first-order valence-corrected chi connectivity index (χ1v) is 6.73. The number of hydrogen-bond acceptors (Lipinski definition) is 3. The number of nitriles is 1. The van der Waals surface area contributed by atoms with Gasteiger partial charge in [0, 0.05) is 6.42 Å². The highest BCUT2D eigenvalue weighted by atomic mass is 19.1. The first-order chi connectivity index (χ1) is 8.63. The largest absolute Gasteiger partial charge is 0.322 e. The zero-order valence-electron chi connectivity index (χ0n) is 10.5. The molecule has 0 spiro atoms. The number of halogens is 1. The summed E-state index contributed by atoms with van der Waals surface area (Å²) in [6, 6.07) is 0.792. The highest BCUT2D eigenvalue weighted by Gasteiger charge is 2.39. The number of rotatable bonds is 2. The van der Waals surface area contributed by atoms with Gasteiger partial charge in [-0.1, -0.05) is 19.3 Å². The first kappa shape index (κ1) is 13.3. The predicted octanol–water partition coefficient (Wildman–Crippen LogP) is 1.36. The van der Waals surface area contributed by atoms with Crippen molar-refractivity contribution in [2.24, 2.45) is 11.7 Å². The van der Waals surface area contributed by atoms with Gasteiger partial charge in [0.25, 0.3) is 0 Å². The maximum Gasteiger partial charge on any atom is 0.240 e. The van der Waals surface area contributed by atoms with Crippen LogP contribution < -0.4 is 5.73 Å². The quantitative estimate of drug-likeness (QED) is 0.807. The molecule has 18 heavy (non-hydrogen) atoms. The Kier molecular flexibility index (Phi) is 4.18. The minimum Gasteiger partial charge on any atom is -0.322 e. The van der Waals surface area contributed by atoms with Crippen LogP contribution in [0.4, 0.5) is 4.39 Å². The molecule has 2 rings (SSSR count). The lowest BCUT2D eigenvalue weighted by Crippen LogP contribution is -2.49. The standard InChI is InChI=1S/C13H20FN3O/c14-10-6-11(7-15)17(8-10)13(18)12(16)9-4-2-1-3-5-9/h9-12H,1-6,8,16H2/t10-,11?,12?/m0/s1. The van der Waals surface area contributed by atoms with Gasteiger partial charge >= 0.3 is 0 Å². The van der Waals surface area contributed by atoms with E-state index in [1.807, 2.05) is 6.07 Å². The monoisotopic (exact) mass is 253 g/mol.